The van der Waals surface area contributed by atoms with Crippen LogP contribution in [0.15, 0.2) is 60.7 Å². The number of carbonyl (C=O) groups is 2. The number of fused-ring (bicyclic) bond motifs is 1. The second-order valence-corrected chi connectivity index (χ2v) is 6.30. The average molecular weight is 364 g/mol. The fourth-order valence-corrected chi connectivity index (χ4v) is 2.96. The van der Waals surface area contributed by atoms with Crippen molar-refractivity contribution in [2.75, 3.05) is 7.11 Å². The molecular formula is C22H20O5. The molecule has 0 amide bonds. The van der Waals surface area contributed by atoms with Gasteiger partial charge in [0, 0.05) is 6.42 Å². The van der Waals surface area contributed by atoms with E-state index in [-0.39, 0.29) is 12.0 Å². The summed E-state index contributed by atoms with van der Waals surface area (Å²) in [4.78, 5) is 24.0. The van der Waals surface area contributed by atoms with Gasteiger partial charge in [0.15, 0.2) is 0 Å². The van der Waals surface area contributed by atoms with Crippen LogP contribution in [0, 0.1) is 6.92 Å². The predicted molar refractivity (Wildman–Crippen MR) is 102 cm³/mol. The second-order valence-electron chi connectivity index (χ2n) is 6.30. The van der Waals surface area contributed by atoms with Crippen LogP contribution in [-0.4, -0.2) is 30.3 Å². The van der Waals surface area contributed by atoms with Crippen LogP contribution in [0.25, 0.3) is 10.8 Å². The molecule has 5 heteroatoms. The molecule has 0 spiro atoms. The first-order valence-electron chi connectivity index (χ1n) is 8.54. The molecule has 0 aromatic heterocycles. The number of carboxylic acid groups (broad SMARTS) is 1. The third-order valence-electron chi connectivity index (χ3n) is 4.39. The van der Waals surface area contributed by atoms with E-state index in [0.29, 0.717) is 5.75 Å². The molecule has 3 aromatic carbocycles. The van der Waals surface area contributed by atoms with Crippen LogP contribution in [0.2, 0.25) is 0 Å². The molecule has 1 N–H and O–H groups in total. The number of hydrogen-bond donors (Lipinski definition) is 1. The third kappa shape index (κ3) is 4.26. The number of ether oxygens (including phenoxy) is 2. The highest BCUT2D eigenvalue weighted by molar-refractivity contribution is 5.92. The lowest BCUT2D eigenvalue weighted by Crippen LogP contribution is -2.29. The molecule has 0 aliphatic rings. The zero-order chi connectivity index (χ0) is 19.4. The predicted octanol–water partition coefficient (Wildman–Crippen LogP) is 4.01. The van der Waals surface area contributed by atoms with Gasteiger partial charge in [-0.2, -0.15) is 0 Å². The van der Waals surface area contributed by atoms with Crippen molar-refractivity contribution in [1.29, 1.82) is 0 Å². The number of aryl methyl sites for hydroxylation is 1. The minimum absolute atomic E-state index is 0.0983. The summed E-state index contributed by atoms with van der Waals surface area (Å²) in [6.45, 7) is 1.80. The highest BCUT2D eigenvalue weighted by atomic mass is 16.6. The average Bonchev–Trinajstić information content (AvgIpc) is 2.67. The Morgan fingerprint density at radius 2 is 1.74 bits per heavy atom. The Kier molecular flexibility index (Phi) is 5.41. The van der Waals surface area contributed by atoms with Gasteiger partial charge < -0.3 is 14.6 Å². The number of esters is 1. The van der Waals surface area contributed by atoms with Gasteiger partial charge in [0.1, 0.15) is 5.75 Å². The first-order chi connectivity index (χ1) is 13.0. The van der Waals surface area contributed by atoms with E-state index in [0.717, 1.165) is 21.9 Å². The van der Waals surface area contributed by atoms with Crippen molar-refractivity contribution in [3.63, 3.8) is 0 Å². The Morgan fingerprint density at radius 1 is 1.00 bits per heavy atom. The van der Waals surface area contributed by atoms with E-state index in [4.69, 9.17) is 9.47 Å². The summed E-state index contributed by atoms with van der Waals surface area (Å²) in [7, 11) is 1.55. The zero-order valence-electron chi connectivity index (χ0n) is 15.1. The molecule has 0 heterocycles. The van der Waals surface area contributed by atoms with Gasteiger partial charge in [-0.3, -0.25) is 0 Å². The Labute approximate surface area is 157 Å². The Hall–Kier alpha value is -3.34. The number of carboxylic acids is 1. The van der Waals surface area contributed by atoms with Crippen molar-refractivity contribution in [2.45, 2.75) is 19.4 Å². The van der Waals surface area contributed by atoms with E-state index in [9.17, 15) is 14.7 Å². The largest absolute Gasteiger partial charge is 0.496 e. The van der Waals surface area contributed by atoms with Crippen LogP contribution in [0.5, 0.6) is 5.75 Å². The van der Waals surface area contributed by atoms with E-state index in [1.807, 2.05) is 42.5 Å². The molecule has 0 aliphatic heterocycles. The van der Waals surface area contributed by atoms with Crippen LogP contribution in [-0.2, 0) is 16.0 Å². The Bertz CT molecular complexity index is 993. The zero-order valence-corrected chi connectivity index (χ0v) is 15.1. The lowest BCUT2D eigenvalue weighted by atomic mass is 10.0. The molecule has 0 fully saturated rings. The molecule has 0 saturated heterocycles. The van der Waals surface area contributed by atoms with Gasteiger partial charge in [0.05, 0.1) is 12.7 Å². The van der Waals surface area contributed by atoms with Crippen LogP contribution in [0.1, 0.15) is 21.5 Å². The molecule has 5 nitrogen and oxygen atoms in total. The first kappa shape index (κ1) is 18.5. The maximum atomic E-state index is 12.4. The molecule has 1 atom stereocenters. The summed E-state index contributed by atoms with van der Waals surface area (Å²) in [5.74, 6) is -1.20. The van der Waals surface area contributed by atoms with Crippen molar-refractivity contribution in [1.82, 2.24) is 0 Å². The summed E-state index contributed by atoms with van der Waals surface area (Å²) >= 11 is 0. The minimum atomic E-state index is -1.26. The Balaban J connectivity index is 1.77. The van der Waals surface area contributed by atoms with Crippen molar-refractivity contribution in [3.05, 3.63) is 77.4 Å². The SMILES string of the molecule is COc1ccc(C(=O)O[C@H](Cc2ccc3ccccc3c2)C(=O)O)cc1C. The molecule has 0 saturated carbocycles. The molecule has 138 valence electrons. The number of rotatable bonds is 6. The normalized spacial score (nSPS) is 11.8. The van der Waals surface area contributed by atoms with Crippen molar-refractivity contribution < 1.29 is 24.2 Å². The standard InChI is InChI=1S/C22H20O5/c1-14-11-18(9-10-19(14)26-2)22(25)27-20(21(23)24)13-15-7-8-16-5-3-4-6-17(16)12-15/h3-12,20H,13H2,1-2H3,(H,23,24)/t20-/m1/s1. The fraction of sp³-hybridized carbons (Fsp3) is 0.182. The third-order valence-corrected chi connectivity index (χ3v) is 4.39. The summed E-state index contributed by atoms with van der Waals surface area (Å²) < 4.78 is 10.4. The molecule has 0 aliphatic carbocycles. The summed E-state index contributed by atoms with van der Waals surface area (Å²) in [5, 5.41) is 11.6. The quantitative estimate of drug-likeness (QED) is 0.669. The number of hydrogen-bond acceptors (Lipinski definition) is 4. The maximum Gasteiger partial charge on any atom is 0.345 e. The number of aliphatic carboxylic acids is 1. The maximum absolute atomic E-state index is 12.4. The highest BCUT2D eigenvalue weighted by Gasteiger charge is 2.24. The Morgan fingerprint density at radius 3 is 2.41 bits per heavy atom. The summed E-state index contributed by atoms with van der Waals surface area (Å²) in [5.41, 5.74) is 1.85. The van der Waals surface area contributed by atoms with Crippen LogP contribution in [0.3, 0.4) is 0 Å². The van der Waals surface area contributed by atoms with E-state index >= 15 is 0 Å². The van der Waals surface area contributed by atoms with Crippen LogP contribution >= 0.6 is 0 Å². The molecule has 0 radical (unpaired) electrons. The van der Waals surface area contributed by atoms with Gasteiger partial charge in [0.25, 0.3) is 0 Å². The topological polar surface area (TPSA) is 72.8 Å². The number of methoxy groups -OCH3 is 1. The van der Waals surface area contributed by atoms with E-state index in [2.05, 4.69) is 0 Å². The lowest BCUT2D eigenvalue weighted by molar-refractivity contribution is -0.147. The second kappa shape index (κ2) is 7.91. The van der Waals surface area contributed by atoms with Gasteiger partial charge in [0.2, 0.25) is 6.10 Å². The summed E-state index contributed by atoms with van der Waals surface area (Å²) in [6, 6.07) is 18.3. The van der Waals surface area contributed by atoms with E-state index < -0.39 is 18.0 Å². The highest BCUT2D eigenvalue weighted by Crippen LogP contribution is 2.21. The lowest BCUT2D eigenvalue weighted by Gasteiger charge is -2.15. The molecule has 27 heavy (non-hydrogen) atoms. The van der Waals surface area contributed by atoms with Crippen molar-refractivity contribution >= 4 is 22.7 Å². The first-order valence-corrected chi connectivity index (χ1v) is 8.54. The van der Waals surface area contributed by atoms with Crippen LogP contribution in [0.4, 0.5) is 0 Å². The van der Waals surface area contributed by atoms with Gasteiger partial charge >= 0.3 is 11.9 Å². The van der Waals surface area contributed by atoms with Gasteiger partial charge in [-0.1, -0.05) is 42.5 Å². The van der Waals surface area contributed by atoms with Gasteiger partial charge in [-0.05, 0) is 47.0 Å². The molecular weight excluding hydrogens is 344 g/mol. The summed E-state index contributed by atoms with van der Waals surface area (Å²) in [6.07, 6.45) is -1.16. The van der Waals surface area contributed by atoms with Crippen molar-refractivity contribution in [2.24, 2.45) is 0 Å². The van der Waals surface area contributed by atoms with E-state index in [1.165, 1.54) is 0 Å². The van der Waals surface area contributed by atoms with Crippen molar-refractivity contribution in [3.8, 4) is 5.75 Å². The van der Waals surface area contributed by atoms with Crippen LogP contribution < -0.4 is 4.74 Å². The molecule has 3 rings (SSSR count). The number of benzene rings is 3. The monoisotopic (exact) mass is 364 g/mol. The smallest absolute Gasteiger partial charge is 0.345 e. The molecule has 0 unspecified atom stereocenters. The number of carbonyl (C=O) groups excluding carboxylic acids is 1. The fourth-order valence-electron chi connectivity index (χ4n) is 2.96. The molecule has 3 aromatic rings. The molecule has 0 bridgehead atoms. The van der Waals surface area contributed by atoms with E-state index in [1.54, 1.807) is 32.2 Å². The van der Waals surface area contributed by atoms with Gasteiger partial charge in [-0.25, -0.2) is 9.59 Å². The minimum Gasteiger partial charge on any atom is -0.496 e. The van der Waals surface area contributed by atoms with Gasteiger partial charge in [-0.15, -0.1) is 0 Å².